The molecule has 1 amide bonds. The van der Waals surface area contributed by atoms with E-state index in [0.717, 1.165) is 28.9 Å². The second-order valence-corrected chi connectivity index (χ2v) is 8.45. The van der Waals surface area contributed by atoms with E-state index in [9.17, 15) is 4.79 Å². The smallest absolute Gasteiger partial charge is 0.235 e. The number of carbonyl (C=O) groups is 1. The third kappa shape index (κ3) is 3.81. The topological polar surface area (TPSA) is 46.3 Å². The summed E-state index contributed by atoms with van der Waals surface area (Å²) in [6.07, 6.45) is 2.31. The molecule has 2 N–H and O–H groups in total. The lowest BCUT2D eigenvalue weighted by Gasteiger charge is -2.22. The van der Waals surface area contributed by atoms with E-state index in [0.29, 0.717) is 17.9 Å². The molecular formula is C16H22BrClN2OS. The van der Waals surface area contributed by atoms with E-state index >= 15 is 0 Å². The fourth-order valence-corrected chi connectivity index (χ4v) is 4.73. The SMILES string of the molecule is CC(Sc1ccc(Br)cc1)C(=O)N1CC2CCC(N)C2C1.Cl. The summed E-state index contributed by atoms with van der Waals surface area (Å²) in [5.74, 6) is 1.41. The molecule has 2 aliphatic rings. The summed E-state index contributed by atoms with van der Waals surface area (Å²) < 4.78 is 1.06. The lowest BCUT2D eigenvalue weighted by molar-refractivity contribution is -0.129. The second kappa shape index (κ2) is 7.56. The van der Waals surface area contributed by atoms with Crippen LogP contribution in [0, 0.1) is 11.8 Å². The maximum absolute atomic E-state index is 12.6. The van der Waals surface area contributed by atoms with Crippen LogP contribution in [0.5, 0.6) is 0 Å². The van der Waals surface area contributed by atoms with Gasteiger partial charge in [0.1, 0.15) is 0 Å². The summed E-state index contributed by atoms with van der Waals surface area (Å²) in [4.78, 5) is 15.8. The Bertz CT molecular complexity index is 527. The second-order valence-electron chi connectivity index (χ2n) is 6.12. The predicted molar refractivity (Wildman–Crippen MR) is 97.5 cm³/mol. The molecule has 0 bridgehead atoms. The van der Waals surface area contributed by atoms with Gasteiger partial charge in [-0.3, -0.25) is 4.79 Å². The first kappa shape index (κ1) is 18.1. The molecule has 1 heterocycles. The molecule has 1 aromatic rings. The van der Waals surface area contributed by atoms with E-state index in [1.165, 1.54) is 6.42 Å². The van der Waals surface area contributed by atoms with Crippen molar-refractivity contribution in [2.45, 2.75) is 36.0 Å². The minimum absolute atomic E-state index is 0. The molecule has 1 aliphatic carbocycles. The van der Waals surface area contributed by atoms with Gasteiger partial charge in [0, 0.05) is 28.5 Å². The molecule has 1 saturated carbocycles. The number of nitrogens with zero attached hydrogens (tertiary/aromatic N) is 1. The minimum Gasteiger partial charge on any atom is -0.341 e. The van der Waals surface area contributed by atoms with Gasteiger partial charge >= 0.3 is 0 Å². The zero-order valence-corrected chi connectivity index (χ0v) is 15.8. The van der Waals surface area contributed by atoms with Crippen molar-refractivity contribution < 1.29 is 4.79 Å². The van der Waals surface area contributed by atoms with Gasteiger partial charge in [0.25, 0.3) is 0 Å². The molecular weight excluding hydrogens is 384 g/mol. The van der Waals surface area contributed by atoms with Crippen LogP contribution in [-0.2, 0) is 4.79 Å². The Morgan fingerprint density at radius 1 is 1.32 bits per heavy atom. The number of likely N-dealkylation sites (tertiary alicyclic amines) is 1. The number of rotatable bonds is 3. The van der Waals surface area contributed by atoms with Gasteiger partial charge in [-0.05, 0) is 55.9 Å². The van der Waals surface area contributed by atoms with Gasteiger partial charge in [-0.15, -0.1) is 24.2 Å². The summed E-state index contributed by atoms with van der Waals surface area (Å²) in [7, 11) is 0. The number of hydrogen-bond acceptors (Lipinski definition) is 3. The lowest BCUT2D eigenvalue weighted by atomic mass is 9.98. The molecule has 4 atom stereocenters. The van der Waals surface area contributed by atoms with Gasteiger partial charge in [0.05, 0.1) is 5.25 Å². The van der Waals surface area contributed by atoms with Crippen LogP contribution in [0.1, 0.15) is 19.8 Å². The molecule has 1 aliphatic heterocycles. The normalized spacial score (nSPS) is 28.1. The summed E-state index contributed by atoms with van der Waals surface area (Å²) in [5, 5.41) is -0.0405. The number of fused-ring (bicyclic) bond motifs is 1. The van der Waals surface area contributed by atoms with Crippen molar-refractivity contribution >= 4 is 46.0 Å². The van der Waals surface area contributed by atoms with E-state index in [2.05, 4.69) is 15.9 Å². The van der Waals surface area contributed by atoms with Gasteiger partial charge in [-0.2, -0.15) is 0 Å². The lowest BCUT2D eigenvalue weighted by Crippen LogP contribution is -2.37. The highest BCUT2D eigenvalue weighted by atomic mass is 79.9. The van der Waals surface area contributed by atoms with Crippen molar-refractivity contribution in [3.05, 3.63) is 28.7 Å². The van der Waals surface area contributed by atoms with Gasteiger partial charge in [-0.25, -0.2) is 0 Å². The molecule has 1 aromatic carbocycles. The first-order chi connectivity index (χ1) is 10.0. The van der Waals surface area contributed by atoms with Crippen molar-refractivity contribution in [2.24, 2.45) is 17.6 Å². The average Bonchev–Trinajstić information content (AvgIpc) is 3.03. The first-order valence-electron chi connectivity index (χ1n) is 7.51. The molecule has 6 heteroatoms. The average molecular weight is 406 g/mol. The number of amides is 1. The molecule has 3 rings (SSSR count). The van der Waals surface area contributed by atoms with E-state index < -0.39 is 0 Å². The van der Waals surface area contributed by atoms with Crippen molar-refractivity contribution in [2.75, 3.05) is 13.1 Å². The van der Waals surface area contributed by atoms with Crippen LogP contribution in [0.3, 0.4) is 0 Å². The number of carbonyl (C=O) groups excluding carboxylic acids is 1. The highest BCUT2D eigenvalue weighted by molar-refractivity contribution is 9.10. The fraction of sp³-hybridized carbons (Fsp3) is 0.562. The van der Waals surface area contributed by atoms with Crippen LogP contribution < -0.4 is 5.73 Å². The highest BCUT2D eigenvalue weighted by Gasteiger charge is 2.43. The Labute approximate surface area is 150 Å². The first-order valence-corrected chi connectivity index (χ1v) is 9.18. The summed E-state index contributed by atoms with van der Waals surface area (Å²) >= 11 is 5.06. The molecule has 2 fully saturated rings. The molecule has 22 heavy (non-hydrogen) atoms. The highest BCUT2D eigenvalue weighted by Crippen LogP contribution is 2.38. The maximum atomic E-state index is 12.6. The molecule has 122 valence electrons. The zero-order valence-electron chi connectivity index (χ0n) is 12.6. The standard InChI is InChI=1S/C16H21BrN2OS.ClH/c1-10(21-13-5-3-12(17)4-6-13)16(20)19-8-11-2-7-15(18)14(11)9-19;/h3-6,10-11,14-15H,2,7-9,18H2,1H3;1H. The van der Waals surface area contributed by atoms with Crippen molar-refractivity contribution in [3.63, 3.8) is 0 Å². The maximum Gasteiger partial charge on any atom is 0.235 e. The predicted octanol–water partition coefficient (Wildman–Crippen LogP) is 3.55. The van der Waals surface area contributed by atoms with E-state index in [4.69, 9.17) is 5.73 Å². The Morgan fingerprint density at radius 3 is 2.64 bits per heavy atom. The van der Waals surface area contributed by atoms with Crippen LogP contribution in [0.4, 0.5) is 0 Å². The molecule has 0 radical (unpaired) electrons. The van der Waals surface area contributed by atoms with Gasteiger partial charge in [0.2, 0.25) is 5.91 Å². The van der Waals surface area contributed by atoms with Crippen LogP contribution in [-0.4, -0.2) is 35.2 Å². The quantitative estimate of drug-likeness (QED) is 0.782. The van der Waals surface area contributed by atoms with Crippen LogP contribution in [0.15, 0.2) is 33.6 Å². The summed E-state index contributed by atoms with van der Waals surface area (Å²) in [6.45, 7) is 3.77. The summed E-state index contributed by atoms with van der Waals surface area (Å²) in [5.41, 5.74) is 6.15. The van der Waals surface area contributed by atoms with E-state index in [-0.39, 0.29) is 23.6 Å². The molecule has 3 nitrogen and oxygen atoms in total. The van der Waals surface area contributed by atoms with Crippen molar-refractivity contribution in [1.82, 2.24) is 4.90 Å². The number of halogens is 2. The Balaban J connectivity index is 0.00000176. The van der Waals surface area contributed by atoms with Gasteiger partial charge < -0.3 is 10.6 Å². The van der Waals surface area contributed by atoms with Gasteiger partial charge in [-0.1, -0.05) is 15.9 Å². The minimum atomic E-state index is -0.0405. The summed E-state index contributed by atoms with van der Waals surface area (Å²) in [6, 6.07) is 8.42. The van der Waals surface area contributed by atoms with Crippen molar-refractivity contribution in [3.8, 4) is 0 Å². The molecule has 0 aromatic heterocycles. The Hall–Kier alpha value is -0.230. The van der Waals surface area contributed by atoms with E-state index in [1.54, 1.807) is 11.8 Å². The largest absolute Gasteiger partial charge is 0.341 e. The van der Waals surface area contributed by atoms with Crippen molar-refractivity contribution in [1.29, 1.82) is 0 Å². The third-order valence-corrected chi connectivity index (χ3v) is 6.33. The molecule has 1 saturated heterocycles. The van der Waals surface area contributed by atoms with Crippen LogP contribution in [0.25, 0.3) is 0 Å². The number of thioether (sulfide) groups is 1. The van der Waals surface area contributed by atoms with Crippen LogP contribution in [0.2, 0.25) is 0 Å². The Morgan fingerprint density at radius 2 is 2.00 bits per heavy atom. The number of benzene rings is 1. The molecule has 0 spiro atoms. The fourth-order valence-electron chi connectivity index (χ4n) is 3.51. The zero-order chi connectivity index (χ0) is 15.0. The third-order valence-electron chi connectivity index (χ3n) is 4.70. The Kier molecular flexibility index (Phi) is 6.22. The van der Waals surface area contributed by atoms with Gasteiger partial charge in [0.15, 0.2) is 0 Å². The molecule has 4 unspecified atom stereocenters. The van der Waals surface area contributed by atoms with Crippen LogP contribution >= 0.6 is 40.1 Å². The van der Waals surface area contributed by atoms with E-state index in [1.807, 2.05) is 36.1 Å². The number of hydrogen-bond donors (Lipinski definition) is 1. The number of nitrogens with two attached hydrogens (primary N) is 1. The monoisotopic (exact) mass is 404 g/mol.